The Morgan fingerprint density at radius 3 is 0.784 bits per heavy atom. The quantitative estimate of drug-likeness (QED) is 0.0261. The minimum absolute atomic E-state index is 0.0797. The molecule has 0 aromatic rings. The number of rotatable bonds is 59. The Labute approximate surface area is 460 Å². The molecule has 0 heterocycles. The number of esters is 3. The molecule has 1 atom stereocenters. The number of ether oxygens (including phenoxy) is 3. The number of carbonyl (C=O) groups excluding carboxylic acids is 3. The maximum absolute atomic E-state index is 12.9. The van der Waals surface area contributed by atoms with Crippen LogP contribution in [-0.2, 0) is 28.6 Å². The fraction of sp³-hybridized carbons (Fsp3) is 0.809. The van der Waals surface area contributed by atoms with Gasteiger partial charge in [0, 0.05) is 19.3 Å². The van der Waals surface area contributed by atoms with Crippen LogP contribution in [0.5, 0.6) is 0 Å². The zero-order chi connectivity index (χ0) is 53.6. The topological polar surface area (TPSA) is 78.9 Å². The summed E-state index contributed by atoms with van der Waals surface area (Å²) in [6.07, 6.45) is 79.3. The SMILES string of the molecule is CCCCC/C=C\C=C/CCCCCCCCCCCCC(=O)OCC(COC(=O)CCCCCCC\C=C/C=C\C=C/CCCCCCC)OC(=O)CCCCCCCCCCCCCCCCCCCCC. The lowest BCUT2D eigenvalue weighted by atomic mass is 10.0. The largest absolute Gasteiger partial charge is 0.462 e. The molecule has 0 aromatic heterocycles. The standard InChI is InChI=1S/C68H122O6/c1-4-7-10-13-16-19-22-25-28-31-34-37-40-43-46-49-52-55-58-61-67(70)73-64-65(63-72-66(69)60-57-54-51-48-45-42-39-36-33-30-27-24-21-18-15-12-9-6-3)74-68(71)62-59-56-53-50-47-44-41-38-35-32-29-26-23-20-17-14-11-8-5-2/h16,19,22,24-25,27,30,33,36,39,65H,4-15,17-18,20-21,23,26,28-29,31-32,34-35,37-38,40-64H2,1-3H3/b19-16-,25-22-,27-24-,33-30-,39-36-. The van der Waals surface area contributed by atoms with Crippen LogP contribution in [0.2, 0.25) is 0 Å². The molecule has 1 unspecified atom stereocenters. The lowest BCUT2D eigenvalue weighted by molar-refractivity contribution is -0.167. The molecular formula is C68H122O6. The molecule has 6 heteroatoms. The van der Waals surface area contributed by atoms with E-state index in [4.69, 9.17) is 14.2 Å². The van der Waals surface area contributed by atoms with E-state index >= 15 is 0 Å². The molecule has 0 N–H and O–H groups in total. The fourth-order valence-electron chi connectivity index (χ4n) is 9.44. The second-order valence-corrected chi connectivity index (χ2v) is 21.8. The van der Waals surface area contributed by atoms with E-state index in [2.05, 4.69) is 81.5 Å². The van der Waals surface area contributed by atoms with Gasteiger partial charge in [-0.2, -0.15) is 0 Å². The van der Waals surface area contributed by atoms with Crippen LogP contribution in [0.15, 0.2) is 60.8 Å². The maximum Gasteiger partial charge on any atom is 0.306 e. The highest BCUT2D eigenvalue weighted by Crippen LogP contribution is 2.17. The van der Waals surface area contributed by atoms with Gasteiger partial charge in [-0.05, 0) is 70.6 Å². The second-order valence-electron chi connectivity index (χ2n) is 21.8. The van der Waals surface area contributed by atoms with Crippen molar-refractivity contribution in [3.8, 4) is 0 Å². The summed E-state index contributed by atoms with van der Waals surface area (Å²) >= 11 is 0. The smallest absolute Gasteiger partial charge is 0.306 e. The monoisotopic (exact) mass is 1030 g/mol. The van der Waals surface area contributed by atoms with Crippen molar-refractivity contribution in [3.05, 3.63) is 60.8 Å². The van der Waals surface area contributed by atoms with E-state index < -0.39 is 6.10 Å². The van der Waals surface area contributed by atoms with Gasteiger partial charge in [-0.3, -0.25) is 14.4 Å². The molecule has 0 rings (SSSR count). The molecule has 6 nitrogen and oxygen atoms in total. The van der Waals surface area contributed by atoms with Crippen molar-refractivity contribution in [2.24, 2.45) is 0 Å². The Kier molecular flexibility index (Phi) is 60.2. The van der Waals surface area contributed by atoms with Crippen molar-refractivity contribution >= 4 is 17.9 Å². The Morgan fingerprint density at radius 1 is 0.270 bits per heavy atom. The van der Waals surface area contributed by atoms with E-state index in [9.17, 15) is 14.4 Å². The molecular weight excluding hydrogens is 913 g/mol. The first-order valence-electron chi connectivity index (χ1n) is 32.3. The van der Waals surface area contributed by atoms with Gasteiger partial charge >= 0.3 is 17.9 Å². The van der Waals surface area contributed by atoms with Crippen LogP contribution in [0.1, 0.15) is 335 Å². The summed E-state index contributed by atoms with van der Waals surface area (Å²) in [5.74, 6) is -0.883. The summed E-state index contributed by atoms with van der Waals surface area (Å²) in [7, 11) is 0. The zero-order valence-corrected chi connectivity index (χ0v) is 49.4. The molecule has 0 saturated heterocycles. The predicted molar refractivity (Wildman–Crippen MR) is 321 cm³/mol. The molecule has 0 aliphatic rings. The third-order valence-electron chi connectivity index (χ3n) is 14.3. The molecule has 0 spiro atoms. The van der Waals surface area contributed by atoms with E-state index in [1.807, 2.05) is 0 Å². The lowest BCUT2D eigenvalue weighted by Gasteiger charge is -2.18. The molecule has 0 radical (unpaired) electrons. The van der Waals surface area contributed by atoms with Gasteiger partial charge in [0.1, 0.15) is 13.2 Å². The van der Waals surface area contributed by atoms with Gasteiger partial charge in [-0.1, -0.05) is 306 Å². The normalized spacial score (nSPS) is 12.4. The van der Waals surface area contributed by atoms with Crippen molar-refractivity contribution in [3.63, 3.8) is 0 Å². The summed E-state index contributed by atoms with van der Waals surface area (Å²) in [5, 5.41) is 0. The van der Waals surface area contributed by atoms with Gasteiger partial charge in [0.05, 0.1) is 0 Å². The van der Waals surface area contributed by atoms with Crippen LogP contribution in [0.4, 0.5) is 0 Å². The summed E-state index contributed by atoms with van der Waals surface area (Å²) in [6.45, 7) is 6.63. The van der Waals surface area contributed by atoms with Crippen molar-refractivity contribution in [1.82, 2.24) is 0 Å². The minimum atomic E-state index is -0.784. The number of hydrogen-bond donors (Lipinski definition) is 0. The summed E-state index contributed by atoms with van der Waals surface area (Å²) in [5.41, 5.74) is 0. The van der Waals surface area contributed by atoms with Crippen LogP contribution in [0.25, 0.3) is 0 Å². The minimum Gasteiger partial charge on any atom is -0.462 e. The molecule has 0 amide bonds. The third-order valence-corrected chi connectivity index (χ3v) is 14.3. The Bertz CT molecular complexity index is 1330. The van der Waals surface area contributed by atoms with Gasteiger partial charge in [0.2, 0.25) is 0 Å². The molecule has 0 aliphatic heterocycles. The highest BCUT2D eigenvalue weighted by molar-refractivity contribution is 5.71. The number of hydrogen-bond acceptors (Lipinski definition) is 6. The Morgan fingerprint density at radius 2 is 0.486 bits per heavy atom. The second kappa shape index (κ2) is 62.6. The van der Waals surface area contributed by atoms with Gasteiger partial charge in [-0.25, -0.2) is 0 Å². The molecule has 430 valence electrons. The predicted octanol–water partition coefficient (Wildman–Crippen LogP) is 21.9. The summed E-state index contributed by atoms with van der Waals surface area (Å²) in [6, 6.07) is 0. The van der Waals surface area contributed by atoms with Crippen LogP contribution < -0.4 is 0 Å². The van der Waals surface area contributed by atoms with Crippen molar-refractivity contribution in [2.45, 2.75) is 341 Å². The average Bonchev–Trinajstić information content (AvgIpc) is 3.40. The van der Waals surface area contributed by atoms with E-state index in [0.29, 0.717) is 19.3 Å². The molecule has 0 aliphatic carbocycles. The van der Waals surface area contributed by atoms with E-state index in [1.165, 1.54) is 218 Å². The van der Waals surface area contributed by atoms with Gasteiger partial charge in [0.25, 0.3) is 0 Å². The van der Waals surface area contributed by atoms with Crippen LogP contribution in [0.3, 0.4) is 0 Å². The molecule has 0 saturated carbocycles. The molecule has 0 fully saturated rings. The molecule has 0 aromatic carbocycles. The number of unbranched alkanes of at least 4 members (excludes halogenated alkanes) is 41. The first-order valence-corrected chi connectivity index (χ1v) is 32.3. The number of carbonyl (C=O) groups is 3. The van der Waals surface area contributed by atoms with Crippen LogP contribution in [0, 0.1) is 0 Å². The summed E-state index contributed by atoms with van der Waals surface area (Å²) in [4.78, 5) is 38.3. The van der Waals surface area contributed by atoms with E-state index in [-0.39, 0.29) is 31.1 Å². The lowest BCUT2D eigenvalue weighted by Crippen LogP contribution is -2.30. The molecule has 74 heavy (non-hydrogen) atoms. The first kappa shape index (κ1) is 71.1. The van der Waals surface area contributed by atoms with Crippen LogP contribution in [-0.4, -0.2) is 37.2 Å². The van der Waals surface area contributed by atoms with Crippen LogP contribution >= 0.6 is 0 Å². The first-order chi connectivity index (χ1) is 36.5. The van der Waals surface area contributed by atoms with Gasteiger partial charge < -0.3 is 14.2 Å². The van der Waals surface area contributed by atoms with E-state index in [1.54, 1.807) is 0 Å². The van der Waals surface area contributed by atoms with Gasteiger partial charge in [0.15, 0.2) is 6.10 Å². The average molecular weight is 1040 g/mol. The fourth-order valence-corrected chi connectivity index (χ4v) is 9.44. The van der Waals surface area contributed by atoms with Crippen molar-refractivity contribution < 1.29 is 28.6 Å². The number of allylic oxidation sites excluding steroid dienone is 10. The Balaban J connectivity index is 4.39. The highest BCUT2D eigenvalue weighted by Gasteiger charge is 2.19. The third kappa shape index (κ3) is 60.0. The summed E-state index contributed by atoms with van der Waals surface area (Å²) < 4.78 is 16.9. The van der Waals surface area contributed by atoms with Gasteiger partial charge in [-0.15, -0.1) is 0 Å². The van der Waals surface area contributed by atoms with E-state index in [0.717, 1.165) is 77.0 Å². The van der Waals surface area contributed by atoms with Crippen molar-refractivity contribution in [1.29, 1.82) is 0 Å². The molecule has 0 bridgehead atoms. The maximum atomic E-state index is 12.9. The highest BCUT2D eigenvalue weighted by atomic mass is 16.6. The Hall–Kier alpha value is -2.89. The van der Waals surface area contributed by atoms with Crippen molar-refractivity contribution in [2.75, 3.05) is 13.2 Å². The zero-order valence-electron chi connectivity index (χ0n) is 49.4.